The molecule has 1 saturated carbocycles. The van der Waals surface area contributed by atoms with Crippen LogP contribution in [0.25, 0.3) is 0 Å². The van der Waals surface area contributed by atoms with Crippen molar-refractivity contribution in [3.63, 3.8) is 0 Å². The van der Waals surface area contributed by atoms with E-state index in [0.717, 1.165) is 30.9 Å². The fourth-order valence-electron chi connectivity index (χ4n) is 3.04. The number of halogens is 1. The number of rotatable bonds is 9. The van der Waals surface area contributed by atoms with Crippen molar-refractivity contribution in [1.29, 1.82) is 0 Å². The summed E-state index contributed by atoms with van der Waals surface area (Å²) in [5.41, 5.74) is 2.30. The summed E-state index contributed by atoms with van der Waals surface area (Å²) >= 11 is 1.74. The first-order valence-corrected chi connectivity index (χ1v) is 11.4. The van der Waals surface area contributed by atoms with E-state index in [1.54, 1.807) is 18.8 Å². The molecule has 0 bridgehead atoms. The highest BCUT2D eigenvalue weighted by Gasteiger charge is 2.23. The van der Waals surface area contributed by atoms with Gasteiger partial charge in [0.05, 0.1) is 0 Å². The van der Waals surface area contributed by atoms with Gasteiger partial charge in [0.25, 0.3) is 5.91 Å². The van der Waals surface area contributed by atoms with E-state index in [-0.39, 0.29) is 36.5 Å². The van der Waals surface area contributed by atoms with Crippen LogP contribution >= 0.6 is 35.7 Å². The zero-order chi connectivity index (χ0) is 21.3. The Morgan fingerprint density at radius 2 is 1.94 bits per heavy atom. The second kappa shape index (κ2) is 12.8. The van der Waals surface area contributed by atoms with Crippen molar-refractivity contribution in [3.8, 4) is 5.75 Å². The Bertz CT molecular complexity index is 872. The standard InChI is InChI=1S/C23H30N4O2S.HI/c1-24-23(27(2)15-17-7-11-21(30-3)12-8-17)25-14-18-5-4-6-20(13-18)29-16-22(28)26-19-9-10-19;/h4-8,11-13,19H,9-10,14-16H2,1-3H3,(H,24,25)(H,26,28);1H. The van der Waals surface area contributed by atoms with Crippen molar-refractivity contribution in [1.82, 2.24) is 15.5 Å². The molecule has 6 nitrogen and oxygen atoms in total. The molecule has 0 aliphatic heterocycles. The van der Waals surface area contributed by atoms with E-state index in [9.17, 15) is 4.79 Å². The minimum Gasteiger partial charge on any atom is -0.484 e. The molecule has 2 N–H and O–H groups in total. The lowest BCUT2D eigenvalue weighted by atomic mass is 10.2. The smallest absolute Gasteiger partial charge is 0.258 e. The third-order valence-corrected chi connectivity index (χ3v) is 5.56. The molecule has 2 aromatic carbocycles. The van der Waals surface area contributed by atoms with E-state index in [1.807, 2.05) is 31.3 Å². The molecular formula is C23H31IN4O2S. The summed E-state index contributed by atoms with van der Waals surface area (Å²) in [6.45, 7) is 1.44. The first kappa shape index (κ1) is 25.3. The number of nitrogens with zero attached hydrogens (tertiary/aromatic N) is 2. The van der Waals surface area contributed by atoms with E-state index in [1.165, 1.54) is 10.5 Å². The third-order valence-electron chi connectivity index (χ3n) is 4.81. The van der Waals surface area contributed by atoms with Crippen molar-refractivity contribution >= 4 is 47.6 Å². The number of benzene rings is 2. The van der Waals surface area contributed by atoms with Crippen LogP contribution in [-0.4, -0.2) is 49.8 Å². The van der Waals surface area contributed by atoms with Crippen LogP contribution < -0.4 is 15.4 Å². The highest BCUT2D eigenvalue weighted by molar-refractivity contribution is 14.0. The zero-order valence-electron chi connectivity index (χ0n) is 18.3. The summed E-state index contributed by atoms with van der Waals surface area (Å²) in [7, 11) is 3.81. The number of hydrogen-bond donors (Lipinski definition) is 2. The number of aliphatic imine (C=N–C) groups is 1. The maximum absolute atomic E-state index is 11.8. The van der Waals surface area contributed by atoms with Gasteiger partial charge in [0.15, 0.2) is 12.6 Å². The molecule has 1 aliphatic rings. The molecule has 0 spiro atoms. The van der Waals surface area contributed by atoms with Gasteiger partial charge in [-0.25, -0.2) is 0 Å². The molecule has 1 aliphatic carbocycles. The fraction of sp³-hybridized carbons (Fsp3) is 0.391. The second-order valence-corrected chi connectivity index (χ2v) is 8.26. The molecule has 0 radical (unpaired) electrons. The molecule has 2 aromatic rings. The predicted octanol–water partition coefficient (Wildman–Crippen LogP) is 3.89. The minimum atomic E-state index is -0.0615. The Morgan fingerprint density at radius 1 is 1.19 bits per heavy atom. The van der Waals surface area contributed by atoms with Gasteiger partial charge in [0.2, 0.25) is 0 Å². The summed E-state index contributed by atoms with van der Waals surface area (Å²) in [5.74, 6) is 1.45. The maximum atomic E-state index is 11.8. The van der Waals surface area contributed by atoms with Crippen molar-refractivity contribution in [2.45, 2.75) is 36.9 Å². The normalized spacial score (nSPS) is 13.2. The van der Waals surface area contributed by atoms with E-state index < -0.39 is 0 Å². The van der Waals surface area contributed by atoms with Gasteiger partial charge < -0.3 is 20.3 Å². The van der Waals surface area contributed by atoms with E-state index in [2.05, 4.69) is 51.0 Å². The number of carbonyl (C=O) groups is 1. The monoisotopic (exact) mass is 554 g/mol. The Morgan fingerprint density at radius 3 is 2.58 bits per heavy atom. The molecule has 0 unspecified atom stereocenters. The number of carbonyl (C=O) groups excluding carboxylic acids is 1. The highest BCUT2D eigenvalue weighted by atomic mass is 127. The van der Waals surface area contributed by atoms with Crippen LogP contribution in [0.5, 0.6) is 5.75 Å². The lowest BCUT2D eigenvalue weighted by Gasteiger charge is -2.22. The first-order valence-electron chi connectivity index (χ1n) is 10.1. The van der Waals surface area contributed by atoms with E-state index in [4.69, 9.17) is 4.74 Å². The summed E-state index contributed by atoms with van der Waals surface area (Å²) in [4.78, 5) is 19.5. The lowest BCUT2D eigenvalue weighted by Crippen LogP contribution is -2.38. The van der Waals surface area contributed by atoms with Gasteiger partial charge in [-0.2, -0.15) is 0 Å². The summed E-state index contributed by atoms with van der Waals surface area (Å²) in [6, 6.07) is 16.7. The number of hydrogen-bond acceptors (Lipinski definition) is 4. The Kier molecular flexibility index (Phi) is 10.5. The molecular weight excluding hydrogens is 523 g/mol. The summed E-state index contributed by atoms with van der Waals surface area (Å²) in [5, 5.41) is 6.32. The van der Waals surface area contributed by atoms with Gasteiger partial charge in [-0.15, -0.1) is 35.7 Å². The number of nitrogens with one attached hydrogen (secondary N) is 2. The maximum Gasteiger partial charge on any atom is 0.258 e. The van der Waals surface area contributed by atoms with Gasteiger partial charge in [0, 0.05) is 38.1 Å². The molecule has 1 fully saturated rings. The predicted molar refractivity (Wildman–Crippen MR) is 138 cm³/mol. The van der Waals surface area contributed by atoms with Crippen LogP contribution in [-0.2, 0) is 17.9 Å². The largest absolute Gasteiger partial charge is 0.484 e. The van der Waals surface area contributed by atoms with Crippen molar-refractivity contribution in [2.24, 2.45) is 4.99 Å². The van der Waals surface area contributed by atoms with Gasteiger partial charge in [-0.05, 0) is 54.5 Å². The van der Waals surface area contributed by atoms with Crippen LogP contribution in [0.4, 0.5) is 0 Å². The van der Waals surface area contributed by atoms with Crippen LogP contribution in [0, 0.1) is 0 Å². The molecule has 0 aromatic heterocycles. The van der Waals surface area contributed by atoms with Crippen LogP contribution in [0.15, 0.2) is 58.4 Å². The molecule has 0 saturated heterocycles. The van der Waals surface area contributed by atoms with Gasteiger partial charge in [0.1, 0.15) is 5.75 Å². The van der Waals surface area contributed by atoms with Gasteiger partial charge in [-0.3, -0.25) is 9.79 Å². The van der Waals surface area contributed by atoms with E-state index in [0.29, 0.717) is 18.3 Å². The minimum absolute atomic E-state index is 0. The number of thioether (sulfide) groups is 1. The Labute approximate surface area is 206 Å². The molecule has 0 atom stereocenters. The molecule has 31 heavy (non-hydrogen) atoms. The van der Waals surface area contributed by atoms with Crippen LogP contribution in [0.2, 0.25) is 0 Å². The average molecular weight is 554 g/mol. The molecule has 0 heterocycles. The zero-order valence-corrected chi connectivity index (χ0v) is 21.4. The quantitative estimate of drug-likeness (QED) is 0.213. The molecule has 168 valence electrons. The van der Waals surface area contributed by atoms with Crippen LogP contribution in [0.3, 0.4) is 0 Å². The van der Waals surface area contributed by atoms with E-state index >= 15 is 0 Å². The molecule has 1 amide bonds. The van der Waals surface area contributed by atoms with Crippen molar-refractivity contribution in [2.75, 3.05) is 27.0 Å². The number of guanidine groups is 1. The van der Waals surface area contributed by atoms with Crippen molar-refractivity contribution in [3.05, 3.63) is 59.7 Å². The Hall–Kier alpha value is -1.94. The number of ether oxygens (including phenoxy) is 1. The summed E-state index contributed by atoms with van der Waals surface area (Å²) in [6.07, 6.45) is 4.23. The molecule has 8 heteroatoms. The first-order chi connectivity index (χ1) is 14.6. The van der Waals surface area contributed by atoms with Crippen molar-refractivity contribution < 1.29 is 9.53 Å². The summed E-state index contributed by atoms with van der Waals surface area (Å²) < 4.78 is 5.63. The Balaban J connectivity index is 0.00000341. The topological polar surface area (TPSA) is 66.0 Å². The van der Waals surface area contributed by atoms with Crippen LogP contribution in [0.1, 0.15) is 24.0 Å². The van der Waals surface area contributed by atoms with Gasteiger partial charge in [-0.1, -0.05) is 24.3 Å². The SMILES string of the molecule is CN=C(NCc1cccc(OCC(=O)NC2CC2)c1)N(C)Cc1ccc(SC)cc1.I. The van der Waals surface area contributed by atoms with Gasteiger partial charge >= 0.3 is 0 Å². The molecule has 3 rings (SSSR count). The highest BCUT2D eigenvalue weighted by Crippen LogP contribution is 2.19. The second-order valence-electron chi connectivity index (χ2n) is 7.38. The third kappa shape index (κ3) is 8.60. The average Bonchev–Trinajstić information content (AvgIpc) is 3.57. The lowest BCUT2D eigenvalue weighted by molar-refractivity contribution is -0.123. The number of amides is 1. The fourth-order valence-corrected chi connectivity index (χ4v) is 3.44.